The largest absolute Gasteiger partial charge is 0.497 e. The number of nitrogens with zero attached hydrogens (tertiary/aromatic N) is 2. The Morgan fingerprint density at radius 3 is 2.52 bits per heavy atom. The maximum Gasteiger partial charge on any atom is 0.262 e. The summed E-state index contributed by atoms with van der Waals surface area (Å²) in [5, 5.41) is 1.37. The summed E-state index contributed by atoms with van der Waals surface area (Å²) in [6.45, 7) is 2.55. The molecule has 0 aliphatic rings. The molecule has 0 aliphatic heterocycles. The number of rotatable bonds is 6. The number of methoxy groups -OCH3 is 1. The van der Waals surface area contributed by atoms with Crippen molar-refractivity contribution in [2.45, 2.75) is 24.4 Å². The highest BCUT2D eigenvalue weighted by atomic mass is 32.2. The lowest BCUT2D eigenvalue weighted by Crippen LogP contribution is -2.24. The van der Waals surface area contributed by atoms with E-state index in [1.807, 2.05) is 48.5 Å². The monoisotopic (exact) mass is 402 g/mol. The summed E-state index contributed by atoms with van der Waals surface area (Å²) in [7, 11) is 1.65. The molecular formula is C24H22N2O2S. The molecule has 0 amide bonds. The molecule has 1 aromatic heterocycles. The zero-order valence-corrected chi connectivity index (χ0v) is 17.3. The number of hydrogen-bond acceptors (Lipinski definition) is 4. The molecule has 0 aliphatic carbocycles. The molecule has 1 heterocycles. The van der Waals surface area contributed by atoms with Crippen LogP contribution in [0, 0.1) is 6.92 Å². The second kappa shape index (κ2) is 8.53. The van der Waals surface area contributed by atoms with Crippen molar-refractivity contribution in [1.29, 1.82) is 0 Å². The maximum atomic E-state index is 13.2. The minimum absolute atomic E-state index is 0.0156. The van der Waals surface area contributed by atoms with Gasteiger partial charge in [-0.25, -0.2) is 4.98 Å². The summed E-state index contributed by atoms with van der Waals surface area (Å²) < 4.78 is 7.01. The fourth-order valence-electron chi connectivity index (χ4n) is 3.26. The van der Waals surface area contributed by atoms with Crippen LogP contribution in [0.25, 0.3) is 10.9 Å². The van der Waals surface area contributed by atoms with Crippen LogP contribution in [0.1, 0.15) is 16.7 Å². The van der Waals surface area contributed by atoms with Crippen molar-refractivity contribution in [2.24, 2.45) is 0 Å². The number of aryl methyl sites for hydroxylation is 1. The summed E-state index contributed by atoms with van der Waals surface area (Å²) >= 11 is 1.59. The van der Waals surface area contributed by atoms with Crippen molar-refractivity contribution < 1.29 is 4.74 Å². The summed E-state index contributed by atoms with van der Waals surface area (Å²) in [5.41, 5.74) is 4.19. The Morgan fingerprint density at radius 2 is 1.76 bits per heavy atom. The second-order valence-electron chi connectivity index (χ2n) is 6.93. The topological polar surface area (TPSA) is 44.1 Å². The highest BCUT2D eigenvalue weighted by molar-refractivity contribution is 7.98. The average molecular weight is 403 g/mol. The van der Waals surface area contributed by atoms with E-state index in [2.05, 4.69) is 31.2 Å². The van der Waals surface area contributed by atoms with E-state index in [1.54, 1.807) is 23.4 Å². The third kappa shape index (κ3) is 4.35. The molecule has 0 atom stereocenters. The first-order chi connectivity index (χ1) is 14.1. The van der Waals surface area contributed by atoms with E-state index >= 15 is 0 Å². The van der Waals surface area contributed by atoms with Gasteiger partial charge in [-0.3, -0.25) is 9.36 Å². The minimum atomic E-state index is -0.0156. The van der Waals surface area contributed by atoms with Gasteiger partial charge in [0.25, 0.3) is 5.56 Å². The Hall–Kier alpha value is -3.05. The Kier molecular flexibility index (Phi) is 5.67. The fraction of sp³-hybridized carbons (Fsp3) is 0.167. The van der Waals surface area contributed by atoms with E-state index < -0.39 is 0 Å². The summed E-state index contributed by atoms with van der Waals surface area (Å²) in [6.07, 6.45) is 0. The van der Waals surface area contributed by atoms with Crippen molar-refractivity contribution in [2.75, 3.05) is 7.11 Å². The van der Waals surface area contributed by atoms with E-state index in [0.29, 0.717) is 11.9 Å². The second-order valence-corrected chi connectivity index (χ2v) is 7.87. The van der Waals surface area contributed by atoms with Crippen LogP contribution in [0.2, 0.25) is 0 Å². The van der Waals surface area contributed by atoms with Gasteiger partial charge in [0.05, 0.1) is 24.6 Å². The Balaban J connectivity index is 1.72. The first-order valence-electron chi connectivity index (χ1n) is 9.45. The average Bonchev–Trinajstić information content (AvgIpc) is 2.75. The van der Waals surface area contributed by atoms with Crippen molar-refractivity contribution in [3.63, 3.8) is 0 Å². The first kappa shape index (κ1) is 19.3. The lowest BCUT2D eigenvalue weighted by Gasteiger charge is -2.14. The Bertz CT molecular complexity index is 1200. The number of aromatic nitrogens is 2. The zero-order valence-electron chi connectivity index (χ0n) is 16.5. The molecule has 0 bridgehead atoms. The number of para-hydroxylation sites is 1. The number of hydrogen-bond donors (Lipinski definition) is 0. The number of benzene rings is 3. The van der Waals surface area contributed by atoms with Gasteiger partial charge in [-0.2, -0.15) is 0 Å². The molecule has 29 heavy (non-hydrogen) atoms. The molecular weight excluding hydrogens is 380 g/mol. The Morgan fingerprint density at radius 1 is 0.966 bits per heavy atom. The highest BCUT2D eigenvalue weighted by Gasteiger charge is 2.12. The lowest BCUT2D eigenvalue weighted by molar-refractivity contribution is 0.414. The highest BCUT2D eigenvalue weighted by Crippen LogP contribution is 2.23. The van der Waals surface area contributed by atoms with E-state index in [4.69, 9.17) is 9.72 Å². The standard InChI is InChI=1S/C24H22N2O2S/c1-17-6-5-7-19(14-17)16-29-24-25-22-9-4-3-8-21(22)23(27)26(24)15-18-10-12-20(28-2)13-11-18/h3-14H,15-16H2,1-2H3. The van der Waals surface area contributed by atoms with E-state index in [-0.39, 0.29) is 5.56 Å². The smallest absolute Gasteiger partial charge is 0.262 e. The van der Waals surface area contributed by atoms with E-state index in [1.165, 1.54) is 11.1 Å². The molecule has 146 valence electrons. The fourth-order valence-corrected chi connectivity index (χ4v) is 4.20. The van der Waals surface area contributed by atoms with Gasteiger partial charge in [0, 0.05) is 5.75 Å². The first-order valence-corrected chi connectivity index (χ1v) is 10.4. The van der Waals surface area contributed by atoms with Crippen LogP contribution >= 0.6 is 11.8 Å². The molecule has 0 fully saturated rings. The molecule has 0 saturated carbocycles. The van der Waals surface area contributed by atoms with Gasteiger partial charge < -0.3 is 4.74 Å². The third-order valence-corrected chi connectivity index (χ3v) is 5.82. The van der Waals surface area contributed by atoms with Crippen LogP contribution in [0.3, 0.4) is 0 Å². The van der Waals surface area contributed by atoms with Gasteiger partial charge in [-0.15, -0.1) is 0 Å². The molecule has 0 unspecified atom stereocenters. The van der Waals surface area contributed by atoms with E-state index in [9.17, 15) is 4.79 Å². The SMILES string of the molecule is COc1ccc(Cn2c(SCc3cccc(C)c3)nc3ccccc3c2=O)cc1. The van der Waals surface area contributed by atoms with Crippen LogP contribution < -0.4 is 10.3 Å². The van der Waals surface area contributed by atoms with Gasteiger partial charge >= 0.3 is 0 Å². The van der Waals surface area contributed by atoms with Crippen molar-refractivity contribution >= 4 is 22.7 Å². The van der Waals surface area contributed by atoms with Crippen LogP contribution in [0.15, 0.2) is 82.7 Å². The van der Waals surface area contributed by atoms with Crippen LogP contribution in [0.4, 0.5) is 0 Å². The van der Waals surface area contributed by atoms with E-state index in [0.717, 1.165) is 27.7 Å². The van der Waals surface area contributed by atoms with Crippen molar-refractivity contribution in [3.8, 4) is 5.75 Å². The lowest BCUT2D eigenvalue weighted by atomic mass is 10.2. The van der Waals surface area contributed by atoms with Crippen LogP contribution in [-0.2, 0) is 12.3 Å². The van der Waals surface area contributed by atoms with Crippen molar-refractivity contribution in [3.05, 3.63) is 99.8 Å². The van der Waals surface area contributed by atoms with Crippen LogP contribution in [-0.4, -0.2) is 16.7 Å². The van der Waals surface area contributed by atoms with Gasteiger partial charge in [-0.05, 0) is 42.3 Å². The molecule has 0 spiro atoms. The summed E-state index contributed by atoms with van der Waals surface area (Å²) in [6, 6.07) is 23.7. The van der Waals surface area contributed by atoms with Gasteiger partial charge in [0.1, 0.15) is 5.75 Å². The maximum absolute atomic E-state index is 13.2. The molecule has 0 saturated heterocycles. The third-order valence-electron chi connectivity index (χ3n) is 4.78. The van der Waals surface area contributed by atoms with Crippen molar-refractivity contribution in [1.82, 2.24) is 9.55 Å². The van der Waals surface area contributed by atoms with Gasteiger partial charge in [-0.1, -0.05) is 65.9 Å². The van der Waals surface area contributed by atoms with Gasteiger partial charge in [0.2, 0.25) is 0 Å². The number of fused-ring (bicyclic) bond motifs is 1. The predicted octanol–water partition coefficient (Wildman–Crippen LogP) is 5.05. The molecule has 0 N–H and O–H groups in total. The molecule has 4 rings (SSSR count). The predicted molar refractivity (Wildman–Crippen MR) is 119 cm³/mol. The molecule has 5 heteroatoms. The zero-order chi connectivity index (χ0) is 20.2. The summed E-state index contributed by atoms with van der Waals surface area (Å²) in [5.74, 6) is 1.56. The van der Waals surface area contributed by atoms with Crippen LogP contribution in [0.5, 0.6) is 5.75 Å². The molecule has 0 radical (unpaired) electrons. The molecule has 3 aromatic carbocycles. The normalized spacial score (nSPS) is 11.0. The quantitative estimate of drug-likeness (QED) is 0.334. The molecule has 4 aromatic rings. The Labute approximate surface area is 174 Å². The molecule has 4 nitrogen and oxygen atoms in total. The number of thioether (sulfide) groups is 1. The summed E-state index contributed by atoms with van der Waals surface area (Å²) in [4.78, 5) is 18.0. The van der Waals surface area contributed by atoms with Gasteiger partial charge in [0.15, 0.2) is 5.16 Å². The number of ether oxygens (including phenoxy) is 1. The minimum Gasteiger partial charge on any atom is -0.497 e.